The van der Waals surface area contributed by atoms with Gasteiger partial charge in [0.05, 0.1) is 28.9 Å². The van der Waals surface area contributed by atoms with Crippen LogP contribution in [0.15, 0.2) is 29.6 Å². The van der Waals surface area contributed by atoms with E-state index >= 15 is 0 Å². The molecule has 2 amide bonds. The molecule has 0 saturated heterocycles. The van der Waals surface area contributed by atoms with Gasteiger partial charge in [0.25, 0.3) is 0 Å². The molecule has 6 heteroatoms. The number of nitrogens with zero attached hydrogens (tertiary/aromatic N) is 3. The molecule has 0 saturated carbocycles. The van der Waals surface area contributed by atoms with Gasteiger partial charge in [-0.2, -0.15) is 5.26 Å². The van der Waals surface area contributed by atoms with Gasteiger partial charge in [0, 0.05) is 19.0 Å². The van der Waals surface area contributed by atoms with E-state index in [0.29, 0.717) is 18.7 Å². The van der Waals surface area contributed by atoms with Crippen molar-refractivity contribution in [1.29, 1.82) is 5.26 Å². The highest BCUT2D eigenvalue weighted by molar-refractivity contribution is 7.09. The van der Waals surface area contributed by atoms with E-state index in [1.165, 1.54) is 0 Å². The molecule has 2 rings (SSSR count). The second-order valence-electron chi connectivity index (χ2n) is 4.68. The maximum absolute atomic E-state index is 12.0. The first-order valence-corrected chi connectivity index (χ1v) is 7.35. The van der Waals surface area contributed by atoms with E-state index in [-0.39, 0.29) is 6.03 Å². The van der Waals surface area contributed by atoms with Gasteiger partial charge in [-0.3, -0.25) is 0 Å². The van der Waals surface area contributed by atoms with Crippen LogP contribution in [0.1, 0.15) is 21.8 Å². The molecule has 0 aliphatic rings. The summed E-state index contributed by atoms with van der Waals surface area (Å²) >= 11 is 1.58. The Kier molecular flexibility index (Phi) is 4.90. The summed E-state index contributed by atoms with van der Waals surface area (Å²) in [7, 11) is 1.74. The molecular weight excluding hydrogens is 284 g/mol. The summed E-state index contributed by atoms with van der Waals surface area (Å²) in [5.41, 5.74) is 2.47. The highest BCUT2D eigenvalue weighted by atomic mass is 32.1. The zero-order chi connectivity index (χ0) is 15.2. The normalized spacial score (nSPS) is 9.95. The average Bonchev–Trinajstić information content (AvgIpc) is 2.90. The van der Waals surface area contributed by atoms with E-state index in [9.17, 15) is 4.79 Å². The standard InChI is InChI=1S/C15H16N4OS/c1-11-18-14(10-21-11)9-19(2)15(20)17-8-13-5-3-12(7-16)4-6-13/h3-6,10H,8-9H2,1-2H3,(H,17,20). The first-order chi connectivity index (χ1) is 10.1. The lowest BCUT2D eigenvalue weighted by molar-refractivity contribution is 0.206. The second kappa shape index (κ2) is 6.86. The monoisotopic (exact) mass is 300 g/mol. The van der Waals surface area contributed by atoms with Crippen LogP contribution in [0.3, 0.4) is 0 Å². The number of thiazole rings is 1. The number of carbonyl (C=O) groups excluding carboxylic acids is 1. The summed E-state index contributed by atoms with van der Waals surface area (Å²) in [6, 6.07) is 9.07. The van der Waals surface area contributed by atoms with Crippen LogP contribution in [0.4, 0.5) is 4.79 Å². The predicted octanol–water partition coefficient (Wildman–Crippen LogP) is 2.66. The first-order valence-electron chi connectivity index (χ1n) is 6.47. The van der Waals surface area contributed by atoms with Gasteiger partial charge in [0.2, 0.25) is 0 Å². The van der Waals surface area contributed by atoms with Crippen LogP contribution in [0, 0.1) is 18.3 Å². The van der Waals surface area contributed by atoms with Crippen molar-refractivity contribution in [2.24, 2.45) is 0 Å². The van der Waals surface area contributed by atoms with Crippen molar-refractivity contribution in [2.75, 3.05) is 7.05 Å². The lowest BCUT2D eigenvalue weighted by atomic mass is 10.1. The Labute approximate surface area is 127 Å². The minimum absolute atomic E-state index is 0.148. The molecular formula is C15H16N4OS. The van der Waals surface area contributed by atoms with E-state index in [4.69, 9.17) is 5.26 Å². The lowest BCUT2D eigenvalue weighted by Crippen LogP contribution is -2.36. The predicted molar refractivity (Wildman–Crippen MR) is 81.7 cm³/mol. The summed E-state index contributed by atoms with van der Waals surface area (Å²) in [5.74, 6) is 0. The largest absolute Gasteiger partial charge is 0.334 e. The number of urea groups is 1. The van der Waals surface area contributed by atoms with Crippen LogP contribution in [0.5, 0.6) is 0 Å². The molecule has 1 heterocycles. The third-order valence-corrected chi connectivity index (χ3v) is 3.76. The number of nitriles is 1. The molecule has 1 aromatic carbocycles. The zero-order valence-electron chi connectivity index (χ0n) is 12.0. The Balaban J connectivity index is 1.84. The molecule has 0 fully saturated rings. The molecule has 0 spiro atoms. The number of rotatable bonds is 4. The molecule has 21 heavy (non-hydrogen) atoms. The highest BCUT2D eigenvalue weighted by Gasteiger charge is 2.10. The zero-order valence-corrected chi connectivity index (χ0v) is 12.8. The number of benzene rings is 1. The molecule has 0 aliphatic carbocycles. The molecule has 0 unspecified atom stereocenters. The molecule has 0 atom stereocenters. The van der Waals surface area contributed by atoms with Crippen LogP contribution >= 0.6 is 11.3 Å². The summed E-state index contributed by atoms with van der Waals surface area (Å²) in [5, 5.41) is 14.5. The summed E-state index contributed by atoms with van der Waals surface area (Å²) in [4.78, 5) is 17.9. The van der Waals surface area contributed by atoms with Crippen molar-refractivity contribution in [3.63, 3.8) is 0 Å². The van der Waals surface area contributed by atoms with Gasteiger partial charge in [-0.15, -0.1) is 11.3 Å². The van der Waals surface area contributed by atoms with Gasteiger partial charge in [-0.1, -0.05) is 12.1 Å². The molecule has 0 bridgehead atoms. The van der Waals surface area contributed by atoms with E-state index in [0.717, 1.165) is 16.3 Å². The van der Waals surface area contributed by atoms with E-state index in [1.54, 1.807) is 35.4 Å². The number of nitrogens with one attached hydrogen (secondary N) is 1. The van der Waals surface area contributed by atoms with Crippen LogP contribution in [-0.2, 0) is 13.1 Å². The fourth-order valence-corrected chi connectivity index (χ4v) is 2.41. The summed E-state index contributed by atoms with van der Waals surface area (Å²) < 4.78 is 0. The minimum Gasteiger partial charge on any atom is -0.334 e. The van der Waals surface area contributed by atoms with Crippen LogP contribution in [0.25, 0.3) is 0 Å². The maximum atomic E-state index is 12.0. The third-order valence-electron chi connectivity index (χ3n) is 2.94. The van der Waals surface area contributed by atoms with Crippen LogP contribution in [0.2, 0.25) is 0 Å². The average molecular weight is 300 g/mol. The number of aryl methyl sites for hydroxylation is 1. The first kappa shape index (κ1) is 15.0. The molecule has 0 radical (unpaired) electrons. The Morgan fingerprint density at radius 3 is 2.71 bits per heavy atom. The van der Waals surface area contributed by atoms with Crippen molar-refractivity contribution >= 4 is 17.4 Å². The molecule has 2 aromatic rings. The Bertz CT molecular complexity index is 657. The van der Waals surface area contributed by atoms with Crippen molar-refractivity contribution in [3.8, 4) is 6.07 Å². The number of aromatic nitrogens is 1. The minimum atomic E-state index is -0.148. The van der Waals surface area contributed by atoms with Crippen molar-refractivity contribution in [2.45, 2.75) is 20.0 Å². The molecule has 1 N–H and O–H groups in total. The molecule has 1 aromatic heterocycles. The van der Waals surface area contributed by atoms with Gasteiger partial charge in [0.15, 0.2) is 0 Å². The van der Waals surface area contributed by atoms with Crippen molar-refractivity contribution < 1.29 is 4.79 Å². The fraction of sp³-hybridized carbons (Fsp3) is 0.267. The van der Waals surface area contributed by atoms with Crippen LogP contribution < -0.4 is 5.32 Å². The topological polar surface area (TPSA) is 69.0 Å². The number of hydrogen-bond acceptors (Lipinski definition) is 4. The molecule has 108 valence electrons. The van der Waals surface area contributed by atoms with Crippen molar-refractivity contribution in [1.82, 2.24) is 15.2 Å². The van der Waals surface area contributed by atoms with E-state index < -0.39 is 0 Å². The summed E-state index contributed by atoms with van der Waals surface area (Å²) in [6.45, 7) is 2.87. The lowest BCUT2D eigenvalue weighted by Gasteiger charge is -2.16. The molecule has 5 nitrogen and oxygen atoms in total. The smallest absolute Gasteiger partial charge is 0.317 e. The van der Waals surface area contributed by atoms with Gasteiger partial charge in [0.1, 0.15) is 0 Å². The van der Waals surface area contributed by atoms with Gasteiger partial charge < -0.3 is 10.2 Å². The highest BCUT2D eigenvalue weighted by Crippen LogP contribution is 2.10. The second-order valence-corrected chi connectivity index (χ2v) is 5.74. The number of hydrogen-bond donors (Lipinski definition) is 1. The van der Waals surface area contributed by atoms with Gasteiger partial charge in [-0.05, 0) is 24.6 Å². The summed E-state index contributed by atoms with van der Waals surface area (Å²) in [6.07, 6.45) is 0. The number of carbonyl (C=O) groups is 1. The van der Waals surface area contributed by atoms with E-state index in [2.05, 4.69) is 16.4 Å². The SMILES string of the molecule is Cc1nc(CN(C)C(=O)NCc2ccc(C#N)cc2)cs1. The number of amides is 2. The van der Waals surface area contributed by atoms with Crippen molar-refractivity contribution in [3.05, 3.63) is 51.5 Å². The Hall–Kier alpha value is -2.39. The quantitative estimate of drug-likeness (QED) is 0.943. The van der Waals surface area contributed by atoms with E-state index in [1.807, 2.05) is 24.4 Å². The van der Waals surface area contributed by atoms with Gasteiger partial charge in [-0.25, -0.2) is 9.78 Å². The Morgan fingerprint density at radius 1 is 1.43 bits per heavy atom. The third kappa shape index (κ3) is 4.29. The maximum Gasteiger partial charge on any atom is 0.317 e. The fourth-order valence-electron chi connectivity index (χ4n) is 1.81. The van der Waals surface area contributed by atoms with Crippen LogP contribution in [-0.4, -0.2) is 23.0 Å². The Morgan fingerprint density at radius 2 is 2.14 bits per heavy atom. The molecule has 0 aliphatic heterocycles. The van der Waals surface area contributed by atoms with Gasteiger partial charge >= 0.3 is 6.03 Å².